The fraction of sp³-hybridized carbons (Fsp3) is 0.364. The highest BCUT2D eigenvalue weighted by Gasteiger charge is 2.08. The molecule has 3 heteroatoms. The van der Waals surface area contributed by atoms with E-state index in [1.807, 2.05) is 18.2 Å². The van der Waals surface area contributed by atoms with Gasteiger partial charge in [-0.3, -0.25) is 4.79 Å². The predicted octanol–water partition coefficient (Wildman–Crippen LogP) is 2.72. The van der Waals surface area contributed by atoms with Crippen LogP contribution in [0.25, 0.3) is 0 Å². The Hall–Kier alpha value is -0.830. The average molecular weight is 257 g/mol. The molecule has 0 saturated heterocycles. The first-order chi connectivity index (χ1) is 6.69. The van der Waals surface area contributed by atoms with Gasteiger partial charge in [0, 0.05) is 17.3 Å². The van der Waals surface area contributed by atoms with Crippen LogP contribution in [0.15, 0.2) is 18.2 Å². The Balaban J connectivity index is 3.08. The van der Waals surface area contributed by atoms with Gasteiger partial charge in [0.15, 0.2) is 0 Å². The molecule has 0 atom stereocenters. The van der Waals surface area contributed by atoms with Crippen LogP contribution in [-0.4, -0.2) is 12.9 Å². The fourth-order valence-electron chi connectivity index (χ4n) is 1.39. The smallest absolute Gasteiger partial charge is 0.134 e. The molecule has 1 aromatic rings. The van der Waals surface area contributed by atoms with Crippen LogP contribution < -0.4 is 4.74 Å². The SMILES string of the molecule is COc1cccc(CC(C)=O)c1CBr. The highest BCUT2D eigenvalue weighted by molar-refractivity contribution is 9.08. The third kappa shape index (κ3) is 2.58. The van der Waals surface area contributed by atoms with E-state index in [0.717, 1.165) is 16.9 Å². The van der Waals surface area contributed by atoms with Crippen molar-refractivity contribution in [2.45, 2.75) is 18.7 Å². The van der Waals surface area contributed by atoms with Crippen molar-refractivity contribution in [3.8, 4) is 5.75 Å². The quantitative estimate of drug-likeness (QED) is 0.775. The Bertz CT molecular complexity index is 334. The standard InChI is InChI=1S/C11H13BrO2/c1-8(13)6-9-4-3-5-11(14-2)10(9)7-12/h3-5H,6-7H2,1-2H3. The number of hydrogen-bond donors (Lipinski definition) is 0. The Morgan fingerprint density at radius 3 is 2.71 bits per heavy atom. The number of benzene rings is 1. The normalized spacial score (nSPS) is 9.93. The molecule has 0 N–H and O–H groups in total. The van der Waals surface area contributed by atoms with Crippen molar-refractivity contribution in [3.63, 3.8) is 0 Å². The topological polar surface area (TPSA) is 26.3 Å². The molecule has 0 radical (unpaired) electrons. The molecule has 0 aliphatic heterocycles. The number of carbonyl (C=O) groups is 1. The van der Waals surface area contributed by atoms with Crippen LogP contribution in [0.2, 0.25) is 0 Å². The van der Waals surface area contributed by atoms with E-state index in [-0.39, 0.29) is 5.78 Å². The lowest BCUT2D eigenvalue weighted by Crippen LogP contribution is -2.01. The van der Waals surface area contributed by atoms with E-state index < -0.39 is 0 Å². The van der Waals surface area contributed by atoms with E-state index in [1.54, 1.807) is 14.0 Å². The van der Waals surface area contributed by atoms with Gasteiger partial charge in [0.05, 0.1) is 7.11 Å². The summed E-state index contributed by atoms with van der Waals surface area (Å²) in [5, 5.41) is 0.708. The molecule has 0 saturated carbocycles. The Labute approximate surface area is 92.4 Å². The Morgan fingerprint density at radius 2 is 2.21 bits per heavy atom. The molecule has 0 fully saturated rings. The summed E-state index contributed by atoms with van der Waals surface area (Å²) in [6.07, 6.45) is 0.470. The van der Waals surface area contributed by atoms with Crippen LogP contribution in [0.1, 0.15) is 18.1 Å². The number of hydrogen-bond acceptors (Lipinski definition) is 2. The molecular weight excluding hydrogens is 244 g/mol. The number of carbonyl (C=O) groups excluding carboxylic acids is 1. The predicted molar refractivity (Wildman–Crippen MR) is 60.0 cm³/mol. The number of rotatable bonds is 4. The summed E-state index contributed by atoms with van der Waals surface area (Å²) in [6, 6.07) is 5.77. The molecule has 0 aromatic heterocycles. The molecular formula is C11H13BrO2. The molecule has 2 nitrogen and oxygen atoms in total. The zero-order valence-electron chi connectivity index (χ0n) is 8.34. The van der Waals surface area contributed by atoms with Gasteiger partial charge >= 0.3 is 0 Å². The van der Waals surface area contributed by atoms with Gasteiger partial charge in [-0.15, -0.1) is 0 Å². The second-order valence-corrected chi connectivity index (χ2v) is 3.67. The summed E-state index contributed by atoms with van der Waals surface area (Å²) in [5.41, 5.74) is 2.10. The van der Waals surface area contributed by atoms with Gasteiger partial charge in [-0.25, -0.2) is 0 Å². The van der Waals surface area contributed by atoms with Crippen molar-refractivity contribution >= 4 is 21.7 Å². The van der Waals surface area contributed by atoms with E-state index in [1.165, 1.54) is 0 Å². The molecule has 0 heterocycles. The summed E-state index contributed by atoms with van der Waals surface area (Å²) in [6.45, 7) is 1.59. The molecule has 14 heavy (non-hydrogen) atoms. The van der Waals surface area contributed by atoms with Gasteiger partial charge in [-0.1, -0.05) is 28.1 Å². The lowest BCUT2D eigenvalue weighted by atomic mass is 10.0. The molecule has 1 aromatic carbocycles. The highest BCUT2D eigenvalue weighted by atomic mass is 79.9. The lowest BCUT2D eigenvalue weighted by molar-refractivity contribution is -0.116. The minimum absolute atomic E-state index is 0.167. The van der Waals surface area contributed by atoms with E-state index in [2.05, 4.69) is 15.9 Å². The summed E-state index contributed by atoms with van der Waals surface area (Å²) >= 11 is 3.40. The van der Waals surface area contributed by atoms with Crippen molar-refractivity contribution in [2.24, 2.45) is 0 Å². The van der Waals surface area contributed by atoms with Crippen LogP contribution in [0, 0.1) is 0 Å². The second-order valence-electron chi connectivity index (χ2n) is 3.11. The van der Waals surface area contributed by atoms with Gasteiger partial charge in [0.1, 0.15) is 11.5 Å². The van der Waals surface area contributed by atoms with Crippen LogP contribution >= 0.6 is 15.9 Å². The van der Waals surface area contributed by atoms with Crippen molar-refractivity contribution in [2.75, 3.05) is 7.11 Å². The zero-order chi connectivity index (χ0) is 10.6. The van der Waals surface area contributed by atoms with Gasteiger partial charge in [0.25, 0.3) is 0 Å². The molecule has 0 unspecified atom stereocenters. The number of ether oxygens (including phenoxy) is 1. The first-order valence-corrected chi connectivity index (χ1v) is 5.51. The number of methoxy groups -OCH3 is 1. The third-order valence-electron chi connectivity index (χ3n) is 2.02. The first-order valence-electron chi connectivity index (χ1n) is 4.39. The van der Waals surface area contributed by atoms with Crippen LogP contribution in [0.5, 0.6) is 5.75 Å². The maximum atomic E-state index is 11.0. The number of halogens is 1. The minimum Gasteiger partial charge on any atom is -0.496 e. The summed E-state index contributed by atoms with van der Waals surface area (Å²) in [4.78, 5) is 11.0. The average Bonchev–Trinajstić information content (AvgIpc) is 2.16. The first kappa shape index (κ1) is 11.2. The van der Waals surface area contributed by atoms with Crippen molar-refractivity contribution in [3.05, 3.63) is 29.3 Å². The molecule has 1 rings (SSSR count). The fourth-order valence-corrected chi connectivity index (χ4v) is 2.02. The minimum atomic E-state index is 0.167. The monoisotopic (exact) mass is 256 g/mol. The lowest BCUT2D eigenvalue weighted by Gasteiger charge is -2.10. The summed E-state index contributed by atoms with van der Waals surface area (Å²) < 4.78 is 5.22. The number of Topliss-reactive ketones (excluding diaryl/α,β-unsaturated/α-hetero) is 1. The van der Waals surface area contributed by atoms with Gasteiger partial charge in [-0.05, 0) is 18.6 Å². The zero-order valence-corrected chi connectivity index (χ0v) is 9.93. The highest BCUT2D eigenvalue weighted by Crippen LogP contribution is 2.25. The molecule has 0 spiro atoms. The van der Waals surface area contributed by atoms with E-state index in [0.29, 0.717) is 11.8 Å². The van der Waals surface area contributed by atoms with Crippen molar-refractivity contribution in [1.82, 2.24) is 0 Å². The maximum Gasteiger partial charge on any atom is 0.134 e. The summed E-state index contributed by atoms with van der Waals surface area (Å²) in [5.74, 6) is 1.00. The van der Waals surface area contributed by atoms with E-state index in [9.17, 15) is 4.79 Å². The van der Waals surface area contributed by atoms with Gasteiger partial charge in [0.2, 0.25) is 0 Å². The van der Waals surface area contributed by atoms with E-state index >= 15 is 0 Å². The van der Waals surface area contributed by atoms with Crippen LogP contribution in [0.4, 0.5) is 0 Å². The number of alkyl halides is 1. The van der Waals surface area contributed by atoms with Gasteiger partial charge < -0.3 is 4.74 Å². The maximum absolute atomic E-state index is 11.0. The van der Waals surface area contributed by atoms with Crippen LogP contribution in [-0.2, 0) is 16.5 Å². The Morgan fingerprint density at radius 1 is 1.50 bits per heavy atom. The largest absolute Gasteiger partial charge is 0.496 e. The second kappa shape index (κ2) is 5.15. The summed E-state index contributed by atoms with van der Waals surface area (Å²) in [7, 11) is 1.64. The van der Waals surface area contributed by atoms with Crippen molar-refractivity contribution < 1.29 is 9.53 Å². The van der Waals surface area contributed by atoms with Crippen LogP contribution in [0.3, 0.4) is 0 Å². The molecule has 0 bridgehead atoms. The van der Waals surface area contributed by atoms with Crippen molar-refractivity contribution in [1.29, 1.82) is 0 Å². The molecule has 0 aliphatic rings. The molecule has 0 amide bonds. The molecule has 0 aliphatic carbocycles. The third-order valence-corrected chi connectivity index (χ3v) is 2.58. The molecule has 76 valence electrons. The van der Waals surface area contributed by atoms with Gasteiger partial charge in [-0.2, -0.15) is 0 Å². The van der Waals surface area contributed by atoms with E-state index in [4.69, 9.17) is 4.74 Å². The Kier molecular flexibility index (Phi) is 4.14. The number of ketones is 1.